The highest BCUT2D eigenvalue weighted by Crippen LogP contribution is 2.54. The summed E-state index contributed by atoms with van der Waals surface area (Å²) in [7, 11) is 6.86. The number of benzene rings is 1. The number of likely N-dealkylation sites (tertiary alicyclic amines) is 1. The maximum atomic E-state index is 14.2. The topological polar surface area (TPSA) is 186 Å². The van der Waals surface area contributed by atoms with Gasteiger partial charge in [0.25, 0.3) is 5.91 Å². The number of likely N-dealkylation sites (N-methyl/N-ethyl adjacent to an activating group) is 1. The van der Waals surface area contributed by atoms with Crippen molar-refractivity contribution in [3.05, 3.63) is 39.7 Å². The molecule has 2 saturated heterocycles. The zero-order chi connectivity index (χ0) is 31.9. The van der Waals surface area contributed by atoms with Gasteiger partial charge in [0.1, 0.15) is 22.8 Å². The zero-order valence-corrected chi connectivity index (χ0v) is 25.4. The summed E-state index contributed by atoms with van der Waals surface area (Å²) in [6.07, 6.45) is 1.65. The second-order valence-corrected chi connectivity index (χ2v) is 13.0. The number of nitrogens with zero attached hydrogens (tertiary/aromatic N) is 3. The summed E-state index contributed by atoms with van der Waals surface area (Å²) >= 11 is 0. The molecular formula is C31H40N4O9. The van der Waals surface area contributed by atoms with Crippen LogP contribution in [0.1, 0.15) is 36.0 Å². The molecular weight excluding hydrogens is 572 g/mol. The number of rotatable bonds is 5. The van der Waals surface area contributed by atoms with Gasteiger partial charge >= 0.3 is 0 Å². The number of ketones is 2. The maximum absolute atomic E-state index is 14.2. The van der Waals surface area contributed by atoms with Crippen molar-refractivity contribution in [2.24, 2.45) is 17.6 Å². The molecule has 1 amide bonds. The van der Waals surface area contributed by atoms with Crippen molar-refractivity contribution in [3.8, 4) is 5.75 Å². The molecule has 0 bridgehead atoms. The molecule has 0 aromatic heterocycles. The normalized spacial score (nSPS) is 30.1. The summed E-state index contributed by atoms with van der Waals surface area (Å²) in [4.78, 5) is 45.2. The first kappa shape index (κ1) is 30.5. The zero-order valence-electron chi connectivity index (χ0n) is 25.4. The first-order valence-electron chi connectivity index (χ1n) is 14.9. The first-order valence-corrected chi connectivity index (χ1v) is 14.9. The van der Waals surface area contributed by atoms with Crippen molar-refractivity contribution in [1.82, 2.24) is 9.80 Å². The van der Waals surface area contributed by atoms with Crippen LogP contribution in [0, 0.1) is 11.8 Å². The van der Waals surface area contributed by atoms with Crippen LogP contribution < -0.4 is 10.6 Å². The van der Waals surface area contributed by atoms with Crippen molar-refractivity contribution >= 4 is 28.9 Å². The third-order valence-electron chi connectivity index (χ3n) is 10.1. The van der Waals surface area contributed by atoms with E-state index in [1.54, 1.807) is 14.1 Å². The minimum Gasteiger partial charge on any atom is -0.508 e. The third-order valence-corrected chi connectivity index (χ3v) is 10.1. The van der Waals surface area contributed by atoms with Gasteiger partial charge in [-0.15, -0.1) is 0 Å². The van der Waals surface area contributed by atoms with E-state index in [4.69, 9.17) is 15.2 Å². The van der Waals surface area contributed by atoms with E-state index in [1.807, 2.05) is 25.1 Å². The Morgan fingerprint density at radius 3 is 2.30 bits per heavy atom. The number of carbonyl (C=O) groups is 3. The Hall–Kier alpha value is -3.49. The first-order chi connectivity index (χ1) is 20.7. The Labute approximate surface area is 255 Å². The molecule has 0 radical (unpaired) electrons. The van der Waals surface area contributed by atoms with Crippen LogP contribution in [0.3, 0.4) is 0 Å². The fraction of sp³-hybridized carbons (Fsp3) is 0.581. The van der Waals surface area contributed by atoms with Crippen LogP contribution >= 0.6 is 0 Å². The van der Waals surface area contributed by atoms with Crippen LogP contribution in [0.4, 0.5) is 5.69 Å². The lowest BCUT2D eigenvalue weighted by molar-refractivity contribution is -0.185. The third kappa shape index (κ3) is 4.36. The molecule has 6 rings (SSSR count). The maximum Gasteiger partial charge on any atom is 0.255 e. The lowest BCUT2D eigenvalue weighted by atomic mass is 9.57. The smallest absolute Gasteiger partial charge is 0.255 e. The second-order valence-electron chi connectivity index (χ2n) is 13.0. The summed E-state index contributed by atoms with van der Waals surface area (Å²) in [5.41, 5.74) is 3.79. The molecule has 13 nitrogen and oxygen atoms in total. The van der Waals surface area contributed by atoms with E-state index in [0.717, 1.165) is 5.69 Å². The number of amides is 1. The van der Waals surface area contributed by atoms with Gasteiger partial charge in [-0.1, -0.05) is 0 Å². The molecule has 13 heteroatoms. The number of aliphatic hydroxyl groups excluding tert-OH is 2. The molecule has 1 aromatic carbocycles. The molecule has 1 aromatic rings. The van der Waals surface area contributed by atoms with Crippen LogP contribution in [-0.4, -0.2) is 120 Å². The average Bonchev–Trinajstić information content (AvgIpc) is 3.40. The number of aliphatic hydroxyl groups is 3. The van der Waals surface area contributed by atoms with Gasteiger partial charge in [0.05, 0.1) is 24.8 Å². The van der Waals surface area contributed by atoms with E-state index in [9.17, 15) is 34.8 Å². The van der Waals surface area contributed by atoms with E-state index in [0.29, 0.717) is 56.8 Å². The number of aromatic hydroxyl groups is 1. The Balaban J connectivity index is 1.43. The Bertz CT molecular complexity index is 1500. The molecule has 0 unspecified atom stereocenters. The number of anilines is 1. The van der Waals surface area contributed by atoms with Crippen LogP contribution in [0.5, 0.6) is 5.75 Å². The summed E-state index contributed by atoms with van der Waals surface area (Å²) < 4.78 is 11.7. The summed E-state index contributed by atoms with van der Waals surface area (Å²) in [6, 6.07) is 0.765. The van der Waals surface area contributed by atoms with Crippen LogP contribution in [0.2, 0.25) is 0 Å². The van der Waals surface area contributed by atoms with E-state index >= 15 is 0 Å². The molecule has 1 saturated carbocycles. The molecule has 2 heterocycles. The second kappa shape index (κ2) is 10.6. The quantitative estimate of drug-likeness (QED) is 0.288. The van der Waals surface area contributed by atoms with Crippen LogP contribution in [0.15, 0.2) is 23.0 Å². The molecule has 44 heavy (non-hydrogen) atoms. The van der Waals surface area contributed by atoms with Gasteiger partial charge in [-0.3, -0.25) is 24.2 Å². The number of primary amides is 1. The van der Waals surface area contributed by atoms with Gasteiger partial charge in [0.2, 0.25) is 5.78 Å². The minimum atomic E-state index is -2.67. The standard InChI is InChI=1S/C31H40N4O9/c1-33(2)19-13-16(14-35-7-5-30(6-8-35)43-9-10-44-30)24(36)21-17(19)11-15-12-18-23(34(3)4)26(38)22(29(32)41)28(40)31(18,42)27(39)20(15)25(21)37/h13,15,18,23,36-37,40,42H,5-12,14H2,1-4H3,(H2,32,41)/t15-,18-,23-,31-/m0/s1. The summed E-state index contributed by atoms with van der Waals surface area (Å²) in [6.45, 7) is 2.88. The predicted molar refractivity (Wildman–Crippen MR) is 158 cm³/mol. The molecule has 238 valence electrons. The highest BCUT2D eigenvalue weighted by molar-refractivity contribution is 6.24. The van der Waals surface area contributed by atoms with Crippen molar-refractivity contribution in [2.45, 2.75) is 49.7 Å². The predicted octanol–water partition coefficient (Wildman–Crippen LogP) is 0.369. The molecule has 5 aliphatic rings. The van der Waals surface area contributed by atoms with E-state index in [2.05, 4.69) is 4.90 Å². The number of nitrogens with two attached hydrogens (primary N) is 1. The number of ether oxygens (including phenoxy) is 2. The highest BCUT2D eigenvalue weighted by Gasteiger charge is 2.64. The molecule has 1 spiro atoms. The van der Waals surface area contributed by atoms with Crippen molar-refractivity contribution < 1.29 is 44.3 Å². The van der Waals surface area contributed by atoms with Crippen LogP contribution in [-0.2, 0) is 36.8 Å². The summed E-state index contributed by atoms with van der Waals surface area (Å²) in [5.74, 6) is -7.13. The Kier molecular flexibility index (Phi) is 7.32. The number of phenols is 1. The van der Waals surface area contributed by atoms with E-state index in [-0.39, 0.29) is 29.7 Å². The van der Waals surface area contributed by atoms with Crippen molar-refractivity contribution in [1.29, 1.82) is 0 Å². The van der Waals surface area contributed by atoms with Gasteiger partial charge in [-0.25, -0.2) is 0 Å². The number of carbonyl (C=O) groups excluding carboxylic acids is 3. The van der Waals surface area contributed by atoms with Gasteiger partial charge in [0, 0.05) is 69.3 Å². The van der Waals surface area contributed by atoms with Gasteiger partial charge < -0.3 is 40.5 Å². The number of fused-ring (bicyclic) bond motifs is 3. The van der Waals surface area contributed by atoms with Crippen LogP contribution in [0.25, 0.3) is 5.76 Å². The lowest BCUT2D eigenvalue weighted by Gasteiger charge is -2.50. The average molecular weight is 613 g/mol. The number of Topliss-reactive ketones (excluding diaryl/α,β-unsaturated/α-hetero) is 2. The molecule has 2 aliphatic heterocycles. The molecule has 3 aliphatic carbocycles. The number of phenolic OH excluding ortho intramolecular Hbond substituents is 1. The Morgan fingerprint density at radius 1 is 1.09 bits per heavy atom. The van der Waals surface area contributed by atoms with Crippen molar-refractivity contribution in [3.63, 3.8) is 0 Å². The van der Waals surface area contributed by atoms with Crippen molar-refractivity contribution in [2.75, 3.05) is 59.4 Å². The number of hydrogen-bond acceptors (Lipinski definition) is 12. The Morgan fingerprint density at radius 2 is 1.73 bits per heavy atom. The molecule has 4 atom stereocenters. The van der Waals surface area contributed by atoms with Gasteiger partial charge in [0.15, 0.2) is 17.2 Å². The monoisotopic (exact) mass is 612 g/mol. The fourth-order valence-electron chi connectivity index (χ4n) is 7.94. The highest BCUT2D eigenvalue weighted by atomic mass is 16.7. The van der Waals surface area contributed by atoms with E-state index in [1.165, 1.54) is 4.90 Å². The lowest BCUT2D eigenvalue weighted by Crippen LogP contribution is -2.65. The molecule has 3 fully saturated rings. The minimum absolute atomic E-state index is 0.0425. The SMILES string of the molecule is CN(C)c1cc(CN2CCC3(CC2)OCCO3)c(O)c2c1C[C@H]1C[C@H]3[C@H](N(C)C)C(=O)C(C(N)=O)=C(O)[C@@]3(O)C(=O)C1=C2O. The number of piperidine rings is 1. The number of hydrogen-bond donors (Lipinski definition) is 5. The van der Waals surface area contributed by atoms with Gasteiger partial charge in [-0.05, 0) is 44.5 Å². The van der Waals surface area contributed by atoms with E-state index < -0.39 is 63.8 Å². The largest absolute Gasteiger partial charge is 0.508 e. The molecule has 6 N–H and O–H groups in total. The summed E-state index contributed by atoms with van der Waals surface area (Å²) in [5, 5.41) is 46.3. The fourth-order valence-corrected chi connectivity index (χ4v) is 7.94. The van der Waals surface area contributed by atoms with Gasteiger partial charge in [-0.2, -0.15) is 0 Å².